The molecule has 0 bridgehead atoms. The first-order chi connectivity index (χ1) is 7.02. The summed E-state index contributed by atoms with van der Waals surface area (Å²) in [6.07, 6.45) is 0. The van der Waals surface area contributed by atoms with E-state index in [1.165, 1.54) is 4.90 Å². The van der Waals surface area contributed by atoms with Gasteiger partial charge in [-0.3, -0.25) is 9.69 Å². The molecule has 1 saturated heterocycles. The van der Waals surface area contributed by atoms with Gasteiger partial charge in [0.05, 0.1) is 0 Å². The van der Waals surface area contributed by atoms with Gasteiger partial charge in [-0.25, -0.2) is 4.79 Å². The lowest BCUT2D eigenvalue weighted by atomic mass is 10.2. The maximum Gasteiger partial charge on any atom is 0.327 e. The second kappa shape index (κ2) is 4.88. The van der Waals surface area contributed by atoms with Gasteiger partial charge in [-0.2, -0.15) is 12.6 Å². The van der Waals surface area contributed by atoms with Crippen LogP contribution in [0.2, 0.25) is 0 Å². The molecule has 1 rings (SSSR count). The molecule has 15 heavy (non-hydrogen) atoms. The van der Waals surface area contributed by atoms with E-state index < -0.39 is 0 Å². The molecule has 1 aliphatic rings. The van der Waals surface area contributed by atoms with Crippen molar-refractivity contribution in [3.05, 3.63) is 0 Å². The van der Waals surface area contributed by atoms with E-state index in [4.69, 9.17) is 0 Å². The molecule has 0 radical (unpaired) electrons. The van der Waals surface area contributed by atoms with Gasteiger partial charge in [0.2, 0.25) is 0 Å². The van der Waals surface area contributed by atoms with E-state index in [0.29, 0.717) is 24.8 Å². The van der Waals surface area contributed by atoms with Crippen LogP contribution in [0.25, 0.3) is 0 Å². The van der Waals surface area contributed by atoms with Gasteiger partial charge in [0, 0.05) is 18.8 Å². The second-order valence-corrected chi connectivity index (χ2v) is 4.47. The number of thiol groups is 1. The van der Waals surface area contributed by atoms with Crippen molar-refractivity contribution in [2.24, 2.45) is 5.92 Å². The number of carbonyl (C=O) groups excluding carboxylic acids is 2. The van der Waals surface area contributed by atoms with Crippen LogP contribution in [0, 0.1) is 5.92 Å². The van der Waals surface area contributed by atoms with Crippen LogP contribution in [-0.2, 0) is 4.79 Å². The highest BCUT2D eigenvalue weighted by Gasteiger charge is 2.43. The smallest absolute Gasteiger partial charge is 0.311 e. The maximum absolute atomic E-state index is 11.8. The van der Waals surface area contributed by atoms with Crippen LogP contribution in [0.15, 0.2) is 0 Å². The number of carbonyl (C=O) groups is 2. The molecule has 86 valence electrons. The maximum atomic E-state index is 11.8. The SMILES string of the molecule is CCN1C(=O)C(CS)N(CC(C)C)C1=O. The standard InChI is InChI=1S/C10H18N2O2S/c1-4-11-9(13)8(6-15)12(10(11)14)5-7(2)3/h7-8,15H,4-6H2,1-3H3. The summed E-state index contributed by atoms with van der Waals surface area (Å²) < 4.78 is 0. The molecule has 0 spiro atoms. The monoisotopic (exact) mass is 230 g/mol. The van der Waals surface area contributed by atoms with Gasteiger partial charge in [-0.15, -0.1) is 0 Å². The van der Waals surface area contributed by atoms with E-state index in [1.54, 1.807) is 4.90 Å². The van der Waals surface area contributed by atoms with Crippen LogP contribution in [0.3, 0.4) is 0 Å². The van der Waals surface area contributed by atoms with Crippen molar-refractivity contribution in [2.75, 3.05) is 18.8 Å². The minimum atomic E-state index is -0.372. The zero-order valence-corrected chi connectivity index (χ0v) is 10.3. The summed E-state index contributed by atoms with van der Waals surface area (Å²) >= 11 is 4.14. The number of hydrogen-bond acceptors (Lipinski definition) is 3. The fraction of sp³-hybridized carbons (Fsp3) is 0.800. The second-order valence-electron chi connectivity index (χ2n) is 4.11. The van der Waals surface area contributed by atoms with Gasteiger partial charge in [0.15, 0.2) is 0 Å². The minimum absolute atomic E-state index is 0.113. The summed E-state index contributed by atoms with van der Waals surface area (Å²) in [7, 11) is 0. The highest BCUT2D eigenvalue weighted by Crippen LogP contribution is 2.19. The van der Waals surface area contributed by atoms with Gasteiger partial charge in [-0.1, -0.05) is 13.8 Å². The summed E-state index contributed by atoms with van der Waals surface area (Å²) in [4.78, 5) is 26.6. The van der Waals surface area contributed by atoms with Gasteiger partial charge in [0.1, 0.15) is 6.04 Å². The summed E-state index contributed by atoms with van der Waals surface area (Å²) in [5.74, 6) is 0.646. The van der Waals surface area contributed by atoms with Crippen LogP contribution in [-0.4, -0.2) is 46.6 Å². The fourth-order valence-corrected chi connectivity index (χ4v) is 2.12. The van der Waals surface area contributed by atoms with E-state index in [0.717, 1.165) is 0 Å². The lowest BCUT2D eigenvalue weighted by Crippen LogP contribution is -2.39. The van der Waals surface area contributed by atoms with Gasteiger partial charge in [-0.05, 0) is 12.8 Å². The Bertz CT molecular complexity index is 268. The number of likely N-dealkylation sites (N-methyl/N-ethyl adjacent to an activating group) is 1. The first kappa shape index (κ1) is 12.4. The summed E-state index contributed by atoms with van der Waals surface area (Å²) in [6, 6.07) is -0.543. The molecule has 1 atom stereocenters. The lowest BCUT2D eigenvalue weighted by molar-refractivity contribution is -0.127. The quantitative estimate of drug-likeness (QED) is 0.583. The van der Waals surface area contributed by atoms with Gasteiger partial charge >= 0.3 is 6.03 Å². The summed E-state index contributed by atoms with van der Waals surface area (Å²) in [5, 5.41) is 0. The van der Waals surface area contributed by atoms with Crippen LogP contribution >= 0.6 is 12.6 Å². The first-order valence-corrected chi connectivity index (χ1v) is 5.89. The number of rotatable bonds is 4. The molecule has 1 fully saturated rings. The van der Waals surface area contributed by atoms with Crippen molar-refractivity contribution < 1.29 is 9.59 Å². The first-order valence-electron chi connectivity index (χ1n) is 5.25. The third-order valence-corrected chi connectivity index (χ3v) is 2.80. The number of imide groups is 1. The molecule has 0 N–H and O–H groups in total. The van der Waals surface area contributed by atoms with Crippen LogP contribution in [0.4, 0.5) is 4.79 Å². The topological polar surface area (TPSA) is 40.6 Å². The van der Waals surface area contributed by atoms with Crippen LogP contribution < -0.4 is 0 Å². The molecule has 5 heteroatoms. The average Bonchev–Trinajstić information content (AvgIpc) is 2.38. The molecule has 0 aromatic carbocycles. The highest BCUT2D eigenvalue weighted by atomic mass is 32.1. The molecule has 1 aliphatic heterocycles. The predicted molar refractivity (Wildman–Crippen MR) is 62.0 cm³/mol. The van der Waals surface area contributed by atoms with Gasteiger partial charge in [0.25, 0.3) is 5.91 Å². The number of hydrogen-bond donors (Lipinski definition) is 1. The van der Waals surface area contributed by atoms with Crippen molar-refractivity contribution in [1.29, 1.82) is 0 Å². The van der Waals surface area contributed by atoms with Crippen molar-refractivity contribution in [1.82, 2.24) is 9.80 Å². The summed E-state index contributed by atoms with van der Waals surface area (Å²) in [5.41, 5.74) is 0. The Morgan fingerprint density at radius 1 is 1.40 bits per heavy atom. The van der Waals surface area contributed by atoms with Crippen molar-refractivity contribution in [3.8, 4) is 0 Å². The molecule has 0 aromatic rings. The van der Waals surface area contributed by atoms with Crippen LogP contribution in [0.5, 0.6) is 0 Å². The Labute approximate surface area is 96.0 Å². The van der Waals surface area contributed by atoms with Crippen molar-refractivity contribution in [3.63, 3.8) is 0 Å². The molecule has 4 nitrogen and oxygen atoms in total. The molecule has 0 aromatic heterocycles. The molecular formula is C10H18N2O2S. The zero-order valence-electron chi connectivity index (χ0n) is 9.43. The number of amides is 3. The van der Waals surface area contributed by atoms with Gasteiger partial charge < -0.3 is 4.90 Å². The third kappa shape index (κ3) is 2.27. The minimum Gasteiger partial charge on any atom is -0.311 e. The van der Waals surface area contributed by atoms with E-state index in [9.17, 15) is 9.59 Å². The Morgan fingerprint density at radius 3 is 2.40 bits per heavy atom. The molecular weight excluding hydrogens is 212 g/mol. The van der Waals surface area contributed by atoms with E-state index in [-0.39, 0.29) is 18.0 Å². The molecule has 1 heterocycles. The fourth-order valence-electron chi connectivity index (χ4n) is 1.76. The van der Waals surface area contributed by atoms with Crippen molar-refractivity contribution >= 4 is 24.6 Å². The third-order valence-electron chi connectivity index (χ3n) is 2.45. The lowest BCUT2D eigenvalue weighted by Gasteiger charge is -2.22. The van der Waals surface area contributed by atoms with Crippen LogP contribution in [0.1, 0.15) is 20.8 Å². The van der Waals surface area contributed by atoms with E-state index in [1.807, 2.05) is 20.8 Å². The Hall–Kier alpha value is -0.710. The molecule has 0 saturated carbocycles. The normalized spacial score (nSPS) is 22.1. The zero-order chi connectivity index (χ0) is 11.6. The Morgan fingerprint density at radius 2 is 2.00 bits per heavy atom. The number of urea groups is 1. The largest absolute Gasteiger partial charge is 0.327 e. The van der Waals surface area contributed by atoms with Crippen molar-refractivity contribution in [2.45, 2.75) is 26.8 Å². The average molecular weight is 230 g/mol. The predicted octanol–water partition coefficient (Wildman–Crippen LogP) is 1.22. The molecule has 0 aliphatic carbocycles. The number of nitrogens with zero attached hydrogens (tertiary/aromatic N) is 2. The molecule has 1 unspecified atom stereocenters. The molecule has 3 amide bonds. The Balaban J connectivity index is 2.85. The van der Waals surface area contributed by atoms with E-state index >= 15 is 0 Å². The summed E-state index contributed by atoms with van der Waals surface area (Å²) in [6.45, 7) is 6.93. The highest BCUT2D eigenvalue weighted by molar-refractivity contribution is 7.80. The van der Waals surface area contributed by atoms with E-state index in [2.05, 4.69) is 12.6 Å². The Kier molecular flexibility index (Phi) is 4.02.